The highest BCUT2D eigenvalue weighted by molar-refractivity contribution is 5.99. The molecule has 2 bridgehead atoms. The molecule has 1 spiro atoms. The largest absolute Gasteiger partial charge is 0.394 e. The van der Waals surface area contributed by atoms with Crippen molar-refractivity contribution in [3.05, 3.63) is 61.2 Å². The fourth-order valence-electron chi connectivity index (χ4n) is 8.04. The lowest BCUT2D eigenvalue weighted by Gasteiger charge is -2.41. The number of nitrogens with zero attached hydrogens (tertiary/aromatic N) is 3. The summed E-state index contributed by atoms with van der Waals surface area (Å²) in [5.74, 6) is -2.16. The van der Waals surface area contributed by atoms with Crippen LogP contribution in [0.3, 0.4) is 0 Å². The van der Waals surface area contributed by atoms with Crippen molar-refractivity contribution in [2.75, 3.05) is 26.2 Å². The summed E-state index contributed by atoms with van der Waals surface area (Å²) in [6.45, 7) is 17.3. The second-order valence-electron chi connectivity index (χ2n) is 13.0. The number of carbonyl (C=O) groups excluding carboxylic acids is 3. The maximum absolute atomic E-state index is 14.8. The molecule has 0 aromatic heterocycles. The molecule has 2 unspecified atom stereocenters. The summed E-state index contributed by atoms with van der Waals surface area (Å²) in [7, 11) is 0. The Bertz CT molecular complexity index is 1190. The minimum atomic E-state index is -1.14. The molecule has 242 valence electrons. The first kappa shape index (κ1) is 33.9. The lowest BCUT2D eigenvalue weighted by atomic mass is 9.64. The Morgan fingerprint density at radius 1 is 1.07 bits per heavy atom. The SMILES string of the molecule is C=CCN(CCCCC)C(=O)C1N([C@@H](CO)[C@@H](C)CC)C(=O)[C@@H]2[C@@H](C(=O)N(CC=C)Cc3ccccc3)[C@@]3(CC)CCC12O3. The number of amides is 3. The van der Waals surface area contributed by atoms with Gasteiger partial charge in [0.2, 0.25) is 17.7 Å². The number of carbonyl (C=O) groups is 3. The van der Waals surface area contributed by atoms with Crippen molar-refractivity contribution in [1.82, 2.24) is 14.7 Å². The van der Waals surface area contributed by atoms with Gasteiger partial charge in [0.25, 0.3) is 0 Å². The summed E-state index contributed by atoms with van der Waals surface area (Å²) in [4.78, 5) is 49.4. The van der Waals surface area contributed by atoms with Crippen LogP contribution in [0.5, 0.6) is 0 Å². The molecule has 4 rings (SSSR count). The van der Waals surface area contributed by atoms with E-state index in [1.807, 2.05) is 51.1 Å². The number of hydrogen-bond donors (Lipinski definition) is 1. The van der Waals surface area contributed by atoms with Gasteiger partial charge in [-0.15, -0.1) is 13.2 Å². The van der Waals surface area contributed by atoms with Gasteiger partial charge in [-0.25, -0.2) is 0 Å². The van der Waals surface area contributed by atoms with E-state index in [1.165, 1.54) is 0 Å². The second kappa shape index (κ2) is 14.4. The third kappa shape index (κ3) is 5.87. The van der Waals surface area contributed by atoms with E-state index >= 15 is 0 Å². The number of likely N-dealkylation sites (tertiary alicyclic amines) is 1. The van der Waals surface area contributed by atoms with E-state index in [9.17, 15) is 19.5 Å². The zero-order valence-electron chi connectivity index (χ0n) is 27.2. The Labute approximate surface area is 264 Å². The van der Waals surface area contributed by atoms with Gasteiger partial charge in [-0.2, -0.15) is 0 Å². The quantitative estimate of drug-likeness (QED) is 0.200. The summed E-state index contributed by atoms with van der Waals surface area (Å²) in [6, 6.07) is 8.33. The van der Waals surface area contributed by atoms with E-state index in [0.717, 1.165) is 31.2 Å². The highest BCUT2D eigenvalue weighted by Crippen LogP contribution is 2.65. The highest BCUT2D eigenvalue weighted by atomic mass is 16.5. The first-order chi connectivity index (χ1) is 21.2. The molecule has 1 aromatic carbocycles. The van der Waals surface area contributed by atoms with Gasteiger partial charge in [-0.1, -0.05) is 89.4 Å². The Kier molecular flexibility index (Phi) is 11.1. The summed E-state index contributed by atoms with van der Waals surface area (Å²) < 4.78 is 7.04. The van der Waals surface area contributed by atoms with Gasteiger partial charge in [-0.05, 0) is 37.2 Å². The van der Waals surface area contributed by atoms with Crippen molar-refractivity contribution in [1.29, 1.82) is 0 Å². The molecular formula is C36H53N3O5. The number of ether oxygens (including phenoxy) is 1. The van der Waals surface area contributed by atoms with Crippen LogP contribution >= 0.6 is 0 Å². The molecule has 0 aliphatic carbocycles. The number of aliphatic hydroxyl groups is 1. The predicted molar refractivity (Wildman–Crippen MR) is 172 cm³/mol. The molecule has 44 heavy (non-hydrogen) atoms. The lowest BCUT2D eigenvalue weighted by Crippen LogP contribution is -2.60. The van der Waals surface area contributed by atoms with Crippen molar-refractivity contribution in [3.63, 3.8) is 0 Å². The molecule has 0 radical (unpaired) electrons. The Hall–Kier alpha value is -2.97. The van der Waals surface area contributed by atoms with Crippen LogP contribution in [-0.4, -0.2) is 87.1 Å². The maximum Gasteiger partial charge on any atom is 0.248 e. The van der Waals surface area contributed by atoms with Crippen LogP contribution in [0.2, 0.25) is 0 Å². The van der Waals surface area contributed by atoms with Gasteiger partial charge in [0.1, 0.15) is 11.6 Å². The average molecular weight is 608 g/mol. The number of unbranched alkanes of at least 4 members (excludes halogenated alkanes) is 2. The van der Waals surface area contributed by atoms with Gasteiger partial charge >= 0.3 is 0 Å². The molecule has 8 heteroatoms. The highest BCUT2D eigenvalue weighted by Gasteiger charge is 2.79. The van der Waals surface area contributed by atoms with Crippen LogP contribution < -0.4 is 0 Å². The van der Waals surface area contributed by atoms with Gasteiger partial charge in [0, 0.05) is 26.2 Å². The molecule has 3 heterocycles. The zero-order chi connectivity index (χ0) is 32.1. The topological polar surface area (TPSA) is 90.4 Å². The lowest BCUT2D eigenvalue weighted by molar-refractivity contribution is -0.159. The van der Waals surface area contributed by atoms with Gasteiger partial charge in [0.15, 0.2) is 0 Å². The molecule has 7 atom stereocenters. The van der Waals surface area contributed by atoms with Crippen molar-refractivity contribution in [2.45, 2.75) is 102 Å². The van der Waals surface area contributed by atoms with Crippen molar-refractivity contribution < 1.29 is 24.2 Å². The van der Waals surface area contributed by atoms with Crippen molar-refractivity contribution in [3.8, 4) is 0 Å². The summed E-state index contributed by atoms with van der Waals surface area (Å²) in [5.41, 5.74) is -0.986. The number of benzene rings is 1. The first-order valence-electron chi connectivity index (χ1n) is 16.7. The van der Waals surface area contributed by atoms with Crippen LogP contribution in [0.15, 0.2) is 55.6 Å². The number of hydrogen-bond acceptors (Lipinski definition) is 5. The van der Waals surface area contributed by atoms with Gasteiger partial charge in [-0.3, -0.25) is 14.4 Å². The van der Waals surface area contributed by atoms with Crippen LogP contribution in [0.4, 0.5) is 0 Å². The standard InChI is InChI=1S/C36H53N3O5/c1-7-12-16-23-37(21-8-2)34(43)31-36-20-19-35(11-5,44-36)29(30(36)33(42)39(31)28(25-40)26(6)10-4)32(41)38(22-9-3)24-27-17-14-13-15-18-27/h8-9,13-15,17-18,26,28-31,40H,2-3,7,10-12,16,19-25H2,1,4-6H3/t26-,28-,29-,30-,31?,35+,36?/m0/s1. The molecule has 0 saturated carbocycles. The second-order valence-corrected chi connectivity index (χ2v) is 13.0. The third-order valence-electron chi connectivity index (χ3n) is 10.5. The van der Waals surface area contributed by atoms with E-state index in [2.05, 4.69) is 20.1 Å². The molecule has 3 fully saturated rings. The third-order valence-corrected chi connectivity index (χ3v) is 10.5. The van der Waals surface area contributed by atoms with Crippen LogP contribution in [-0.2, 0) is 25.7 Å². The molecule has 8 nitrogen and oxygen atoms in total. The van der Waals surface area contributed by atoms with Crippen molar-refractivity contribution >= 4 is 17.7 Å². The van der Waals surface area contributed by atoms with Gasteiger partial charge in [0.05, 0.1) is 30.1 Å². The molecule has 3 amide bonds. The van der Waals surface area contributed by atoms with Crippen LogP contribution in [0, 0.1) is 17.8 Å². The smallest absolute Gasteiger partial charge is 0.248 e. The zero-order valence-corrected chi connectivity index (χ0v) is 27.2. The van der Waals surface area contributed by atoms with Crippen LogP contribution in [0.25, 0.3) is 0 Å². The monoisotopic (exact) mass is 607 g/mol. The number of fused-ring (bicyclic) bond motifs is 1. The molecule has 1 N–H and O–H groups in total. The first-order valence-corrected chi connectivity index (χ1v) is 16.7. The maximum atomic E-state index is 14.8. The van der Waals surface area contributed by atoms with E-state index in [0.29, 0.717) is 45.4 Å². The Balaban J connectivity index is 1.82. The minimum absolute atomic E-state index is 0.0516. The van der Waals surface area contributed by atoms with E-state index in [1.54, 1.807) is 26.9 Å². The van der Waals surface area contributed by atoms with Crippen LogP contribution in [0.1, 0.15) is 78.2 Å². The van der Waals surface area contributed by atoms with Gasteiger partial charge < -0.3 is 24.5 Å². The molecule has 3 aliphatic rings. The summed E-state index contributed by atoms with van der Waals surface area (Å²) >= 11 is 0. The Morgan fingerprint density at radius 3 is 2.34 bits per heavy atom. The summed E-state index contributed by atoms with van der Waals surface area (Å²) in [6.07, 6.45) is 8.70. The normalized spacial score (nSPS) is 28.4. The fourth-order valence-corrected chi connectivity index (χ4v) is 8.04. The van der Waals surface area contributed by atoms with E-state index < -0.39 is 35.1 Å². The van der Waals surface area contributed by atoms with E-state index in [4.69, 9.17) is 4.74 Å². The van der Waals surface area contributed by atoms with Crippen molar-refractivity contribution in [2.24, 2.45) is 17.8 Å². The molecular weight excluding hydrogens is 554 g/mol. The predicted octanol–water partition coefficient (Wildman–Crippen LogP) is 4.97. The molecule has 1 aromatic rings. The minimum Gasteiger partial charge on any atom is -0.394 e. The molecule has 3 saturated heterocycles. The Morgan fingerprint density at radius 2 is 1.75 bits per heavy atom. The molecule has 3 aliphatic heterocycles. The number of aliphatic hydroxyl groups excluding tert-OH is 1. The summed E-state index contributed by atoms with van der Waals surface area (Å²) in [5, 5.41) is 10.7. The average Bonchev–Trinajstić information content (AvgIpc) is 3.64. The fraction of sp³-hybridized carbons (Fsp3) is 0.639. The number of rotatable bonds is 17. The van der Waals surface area contributed by atoms with E-state index in [-0.39, 0.29) is 30.2 Å².